The van der Waals surface area contributed by atoms with Crippen LogP contribution in [-0.2, 0) is 13.1 Å². The number of aromatic nitrogens is 3. The van der Waals surface area contributed by atoms with E-state index < -0.39 is 0 Å². The lowest BCUT2D eigenvalue weighted by Gasteiger charge is -2.20. The molecule has 128 valence electrons. The number of nitrogens with zero attached hydrogens (tertiary/aromatic N) is 5. The molecule has 1 N–H and O–H groups in total. The van der Waals surface area contributed by atoms with E-state index in [0.717, 1.165) is 23.0 Å². The number of aryl methyl sites for hydroxylation is 1. The van der Waals surface area contributed by atoms with Crippen molar-refractivity contribution in [2.24, 2.45) is 4.99 Å². The molecule has 0 bridgehead atoms. The summed E-state index contributed by atoms with van der Waals surface area (Å²) in [6.07, 6.45) is 5.61. The van der Waals surface area contributed by atoms with Gasteiger partial charge >= 0.3 is 0 Å². The number of nitrogens with one attached hydrogen (secondary N) is 1. The molecule has 24 heavy (non-hydrogen) atoms. The normalized spacial score (nSPS) is 11.4. The lowest BCUT2D eigenvalue weighted by molar-refractivity contribution is 0.391. The summed E-state index contributed by atoms with van der Waals surface area (Å²) in [7, 11) is 3.71. The van der Waals surface area contributed by atoms with Crippen LogP contribution in [0.3, 0.4) is 0 Å². The molecular formula is C16H21IN6O. The summed E-state index contributed by atoms with van der Waals surface area (Å²) in [6, 6.07) is 5.97. The summed E-state index contributed by atoms with van der Waals surface area (Å²) in [5.41, 5.74) is 3.98. The average Bonchev–Trinajstić information content (AvgIpc) is 3.16. The predicted octanol–water partition coefficient (Wildman–Crippen LogP) is 2.46. The second-order valence-electron chi connectivity index (χ2n) is 5.45. The van der Waals surface area contributed by atoms with Gasteiger partial charge in [0.2, 0.25) is 0 Å². The fraction of sp³-hybridized carbons (Fsp3) is 0.312. The van der Waals surface area contributed by atoms with Gasteiger partial charge in [-0.1, -0.05) is 5.16 Å². The molecule has 0 saturated heterocycles. The van der Waals surface area contributed by atoms with Crippen LogP contribution in [0, 0.1) is 6.92 Å². The summed E-state index contributed by atoms with van der Waals surface area (Å²) in [5.74, 6) is 0.779. The van der Waals surface area contributed by atoms with Crippen LogP contribution in [0.4, 0.5) is 0 Å². The van der Waals surface area contributed by atoms with E-state index in [4.69, 9.17) is 4.52 Å². The van der Waals surface area contributed by atoms with Crippen LogP contribution in [0.1, 0.15) is 17.0 Å². The molecule has 0 saturated carbocycles. The molecule has 0 atom stereocenters. The highest BCUT2D eigenvalue weighted by atomic mass is 127. The third-order valence-electron chi connectivity index (χ3n) is 3.56. The Labute approximate surface area is 157 Å². The van der Waals surface area contributed by atoms with Gasteiger partial charge in [0.25, 0.3) is 0 Å². The lowest BCUT2D eigenvalue weighted by atomic mass is 10.3. The van der Waals surface area contributed by atoms with E-state index in [1.807, 2.05) is 34.8 Å². The van der Waals surface area contributed by atoms with Crippen molar-refractivity contribution in [1.29, 1.82) is 0 Å². The first-order valence-electron chi connectivity index (χ1n) is 7.41. The Balaban J connectivity index is 0.00000208. The maximum Gasteiger partial charge on any atom is 0.194 e. The zero-order chi connectivity index (χ0) is 16.2. The van der Waals surface area contributed by atoms with Gasteiger partial charge in [-0.3, -0.25) is 4.99 Å². The lowest BCUT2D eigenvalue weighted by Crippen LogP contribution is -2.38. The number of pyridine rings is 1. The van der Waals surface area contributed by atoms with Crippen molar-refractivity contribution >= 4 is 35.6 Å². The fourth-order valence-electron chi connectivity index (χ4n) is 2.41. The quantitative estimate of drug-likeness (QED) is 0.384. The number of rotatable bonds is 4. The molecule has 0 fully saturated rings. The Morgan fingerprint density at radius 1 is 1.38 bits per heavy atom. The highest BCUT2D eigenvalue weighted by Crippen LogP contribution is 2.08. The number of guanidine groups is 1. The van der Waals surface area contributed by atoms with Crippen molar-refractivity contribution in [2.75, 3.05) is 14.1 Å². The minimum absolute atomic E-state index is 0. The van der Waals surface area contributed by atoms with Gasteiger partial charge in [0.1, 0.15) is 17.6 Å². The van der Waals surface area contributed by atoms with Crippen molar-refractivity contribution in [1.82, 2.24) is 24.8 Å². The molecule has 0 aliphatic rings. The van der Waals surface area contributed by atoms with Gasteiger partial charge in [-0.2, -0.15) is 0 Å². The van der Waals surface area contributed by atoms with Gasteiger partial charge in [-0.05, 0) is 24.6 Å². The molecule has 0 radical (unpaired) electrons. The molecule has 8 heteroatoms. The fourth-order valence-corrected chi connectivity index (χ4v) is 2.41. The van der Waals surface area contributed by atoms with Gasteiger partial charge < -0.3 is 19.1 Å². The van der Waals surface area contributed by atoms with E-state index in [0.29, 0.717) is 13.1 Å². The van der Waals surface area contributed by atoms with Crippen molar-refractivity contribution in [3.8, 4) is 0 Å². The summed E-state index contributed by atoms with van der Waals surface area (Å²) in [4.78, 5) is 10.9. The second kappa shape index (κ2) is 8.13. The van der Waals surface area contributed by atoms with Gasteiger partial charge in [0, 0.05) is 32.6 Å². The largest absolute Gasteiger partial charge is 0.364 e. The zero-order valence-corrected chi connectivity index (χ0v) is 16.3. The Kier molecular flexibility index (Phi) is 6.18. The summed E-state index contributed by atoms with van der Waals surface area (Å²) in [6.45, 7) is 3.30. The van der Waals surface area contributed by atoms with Crippen molar-refractivity contribution in [3.05, 3.63) is 53.8 Å². The van der Waals surface area contributed by atoms with Crippen LogP contribution in [0.5, 0.6) is 0 Å². The molecule has 3 aromatic heterocycles. The number of imidazole rings is 1. The predicted molar refractivity (Wildman–Crippen MR) is 104 cm³/mol. The SMILES string of the molecule is CN=C(NCc1cn2ccc(C)cc2n1)N(C)Cc1ccon1.I. The highest BCUT2D eigenvalue weighted by molar-refractivity contribution is 14.0. The minimum atomic E-state index is 0. The molecule has 3 heterocycles. The van der Waals surface area contributed by atoms with Crippen LogP contribution in [0.15, 0.2) is 46.4 Å². The maximum atomic E-state index is 4.85. The topological polar surface area (TPSA) is 71.0 Å². The van der Waals surface area contributed by atoms with Crippen LogP contribution in [0.2, 0.25) is 0 Å². The first-order chi connectivity index (χ1) is 11.2. The number of fused-ring (bicyclic) bond motifs is 1. The summed E-state index contributed by atoms with van der Waals surface area (Å²) < 4.78 is 6.87. The van der Waals surface area contributed by atoms with Crippen molar-refractivity contribution < 1.29 is 4.52 Å². The summed E-state index contributed by atoms with van der Waals surface area (Å²) >= 11 is 0. The van der Waals surface area contributed by atoms with E-state index in [-0.39, 0.29) is 24.0 Å². The smallest absolute Gasteiger partial charge is 0.194 e. The minimum Gasteiger partial charge on any atom is -0.364 e. The van der Waals surface area contributed by atoms with Crippen molar-refractivity contribution in [3.63, 3.8) is 0 Å². The number of halogens is 1. The first-order valence-corrected chi connectivity index (χ1v) is 7.41. The standard InChI is InChI=1S/C16H20N6O.HI/c1-12-4-6-22-11-14(19-15(22)8-12)9-18-16(17-2)21(3)10-13-5-7-23-20-13;/h4-8,11H,9-10H2,1-3H3,(H,17,18);1H. The molecule has 0 spiro atoms. The van der Waals surface area contributed by atoms with Gasteiger partial charge in [-0.25, -0.2) is 4.98 Å². The monoisotopic (exact) mass is 440 g/mol. The van der Waals surface area contributed by atoms with E-state index in [2.05, 4.69) is 39.5 Å². The molecule has 7 nitrogen and oxygen atoms in total. The van der Waals surface area contributed by atoms with Crippen LogP contribution in [0.25, 0.3) is 5.65 Å². The molecule has 0 aliphatic heterocycles. The van der Waals surface area contributed by atoms with Gasteiger partial charge in [0.05, 0.1) is 18.8 Å². The van der Waals surface area contributed by atoms with E-state index in [9.17, 15) is 0 Å². The van der Waals surface area contributed by atoms with Gasteiger partial charge in [0.15, 0.2) is 5.96 Å². The number of hydrogen-bond donors (Lipinski definition) is 1. The Morgan fingerprint density at radius 3 is 2.92 bits per heavy atom. The number of aliphatic imine (C=N–C) groups is 1. The Morgan fingerprint density at radius 2 is 2.21 bits per heavy atom. The summed E-state index contributed by atoms with van der Waals surface area (Å²) in [5, 5.41) is 7.23. The molecule has 3 rings (SSSR count). The number of hydrogen-bond acceptors (Lipinski definition) is 4. The molecule has 0 unspecified atom stereocenters. The van der Waals surface area contributed by atoms with E-state index >= 15 is 0 Å². The molecular weight excluding hydrogens is 419 g/mol. The molecule has 0 aromatic carbocycles. The third kappa shape index (κ3) is 4.25. The molecule has 3 aromatic rings. The molecule has 0 amide bonds. The second-order valence-corrected chi connectivity index (χ2v) is 5.45. The van der Waals surface area contributed by atoms with E-state index in [1.54, 1.807) is 13.3 Å². The zero-order valence-electron chi connectivity index (χ0n) is 13.9. The van der Waals surface area contributed by atoms with Crippen molar-refractivity contribution in [2.45, 2.75) is 20.0 Å². The first kappa shape index (κ1) is 18.2. The maximum absolute atomic E-state index is 4.85. The third-order valence-corrected chi connectivity index (χ3v) is 3.56. The average molecular weight is 440 g/mol. The van der Waals surface area contributed by atoms with Gasteiger partial charge in [-0.15, -0.1) is 24.0 Å². The molecule has 0 aliphatic carbocycles. The van der Waals surface area contributed by atoms with Crippen LogP contribution < -0.4 is 5.32 Å². The Hall–Kier alpha value is -2.10. The van der Waals surface area contributed by atoms with E-state index in [1.165, 1.54) is 5.56 Å². The Bertz CT molecular complexity index is 811. The highest BCUT2D eigenvalue weighted by Gasteiger charge is 2.09. The van der Waals surface area contributed by atoms with Crippen LogP contribution >= 0.6 is 24.0 Å². The van der Waals surface area contributed by atoms with Crippen LogP contribution in [-0.4, -0.2) is 39.5 Å².